The van der Waals surface area contributed by atoms with E-state index in [1.54, 1.807) is 19.1 Å². The third-order valence-corrected chi connectivity index (χ3v) is 4.58. The average Bonchev–Trinajstić information content (AvgIpc) is 2.43. The summed E-state index contributed by atoms with van der Waals surface area (Å²) >= 11 is 0. The van der Waals surface area contributed by atoms with Crippen molar-refractivity contribution in [2.24, 2.45) is 0 Å². The van der Waals surface area contributed by atoms with Crippen LogP contribution in [0.4, 0.5) is 0 Å². The second-order valence-electron chi connectivity index (χ2n) is 4.04. The minimum atomic E-state index is -3.65. The van der Waals surface area contributed by atoms with Crippen LogP contribution in [0.2, 0.25) is 0 Å². The summed E-state index contributed by atoms with van der Waals surface area (Å²) in [7, 11) is -2.23. The van der Waals surface area contributed by atoms with E-state index in [-0.39, 0.29) is 23.6 Å². The molecule has 0 spiro atoms. The van der Waals surface area contributed by atoms with Crippen molar-refractivity contribution in [3.63, 3.8) is 0 Å². The highest BCUT2D eigenvalue weighted by Crippen LogP contribution is 2.17. The van der Waals surface area contributed by atoms with Crippen LogP contribution in [0.15, 0.2) is 29.2 Å². The lowest BCUT2D eigenvalue weighted by atomic mass is 10.1. The molecular formula is C13H16N2O3S. The van der Waals surface area contributed by atoms with Gasteiger partial charge < -0.3 is 0 Å². The molecule has 1 aromatic carbocycles. The van der Waals surface area contributed by atoms with Gasteiger partial charge in [-0.15, -0.1) is 0 Å². The van der Waals surface area contributed by atoms with Gasteiger partial charge in [-0.3, -0.25) is 4.79 Å². The fourth-order valence-corrected chi connectivity index (χ4v) is 2.76. The number of rotatable bonds is 6. The van der Waals surface area contributed by atoms with Crippen LogP contribution in [0.1, 0.15) is 30.1 Å². The van der Waals surface area contributed by atoms with Crippen molar-refractivity contribution in [1.29, 1.82) is 5.26 Å². The number of sulfonamides is 1. The number of hydrogen-bond donors (Lipinski definition) is 0. The molecule has 0 unspecified atom stereocenters. The lowest BCUT2D eigenvalue weighted by Crippen LogP contribution is -2.28. The molecule has 1 aromatic rings. The fourth-order valence-electron chi connectivity index (χ4n) is 1.54. The summed E-state index contributed by atoms with van der Waals surface area (Å²) < 4.78 is 25.5. The van der Waals surface area contributed by atoms with Crippen LogP contribution in [0.5, 0.6) is 0 Å². The van der Waals surface area contributed by atoms with E-state index in [9.17, 15) is 13.2 Å². The minimum absolute atomic E-state index is 0.0761. The van der Waals surface area contributed by atoms with Crippen LogP contribution in [-0.2, 0) is 10.0 Å². The zero-order chi connectivity index (χ0) is 14.5. The second kappa shape index (κ2) is 6.45. The molecule has 0 amide bonds. The quantitative estimate of drug-likeness (QED) is 0.744. The van der Waals surface area contributed by atoms with E-state index in [0.717, 1.165) is 4.31 Å². The first-order valence-electron chi connectivity index (χ1n) is 5.90. The third kappa shape index (κ3) is 3.63. The van der Waals surface area contributed by atoms with Crippen LogP contribution >= 0.6 is 0 Å². The van der Waals surface area contributed by atoms with E-state index in [4.69, 9.17) is 5.26 Å². The number of nitrogens with zero attached hydrogens (tertiary/aromatic N) is 2. The van der Waals surface area contributed by atoms with Gasteiger partial charge in [-0.1, -0.05) is 19.1 Å². The molecule has 0 aliphatic rings. The van der Waals surface area contributed by atoms with Crippen LogP contribution in [0.25, 0.3) is 0 Å². The van der Waals surface area contributed by atoms with Crippen LogP contribution in [0.3, 0.4) is 0 Å². The molecule has 0 aromatic heterocycles. The van der Waals surface area contributed by atoms with E-state index in [0.29, 0.717) is 12.0 Å². The largest absolute Gasteiger partial charge is 0.294 e. The van der Waals surface area contributed by atoms with Gasteiger partial charge in [-0.2, -0.15) is 9.57 Å². The highest BCUT2D eigenvalue weighted by molar-refractivity contribution is 7.89. The molecular weight excluding hydrogens is 264 g/mol. The Hall–Kier alpha value is -1.71. The van der Waals surface area contributed by atoms with E-state index in [1.165, 1.54) is 19.2 Å². The molecule has 6 heteroatoms. The molecule has 0 aliphatic heterocycles. The summed E-state index contributed by atoms with van der Waals surface area (Å²) in [6.45, 7) is 1.85. The van der Waals surface area contributed by atoms with Gasteiger partial charge in [0.1, 0.15) is 0 Å². The van der Waals surface area contributed by atoms with Gasteiger partial charge in [0.05, 0.1) is 11.0 Å². The number of ketones is 1. The summed E-state index contributed by atoms with van der Waals surface area (Å²) in [4.78, 5) is 11.7. The van der Waals surface area contributed by atoms with E-state index < -0.39 is 10.0 Å². The number of Topliss-reactive ketones (excluding diaryl/α,β-unsaturated/α-hetero) is 1. The number of benzene rings is 1. The van der Waals surface area contributed by atoms with Crippen molar-refractivity contribution in [2.45, 2.75) is 24.7 Å². The highest BCUT2D eigenvalue weighted by Gasteiger charge is 2.21. The Balaban J connectivity index is 3.09. The maximum absolute atomic E-state index is 12.2. The Bertz CT molecular complexity index is 603. The lowest BCUT2D eigenvalue weighted by molar-refractivity contribution is 0.0988. The average molecular weight is 280 g/mol. The van der Waals surface area contributed by atoms with Crippen LogP contribution < -0.4 is 0 Å². The van der Waals surface area contributed by atoms with Gasteiger partial charge in [0.15, 0.2) is 5.78 Å². The van der Waals surface area contributed by atoms with Crippen molar-refractivity contribution in [3.8, 4) is 6.07 Å². The first kappa shape index (κ1) is 15.3. The first-order valence-corrected chi connectivity index (χ1v) is 7.34. The number of carbonyl (C=O) groups is 1. The van der Waals surface area contributed by atoms with Crippen molar-refractivity contribution in [2.75, 3.05) is 13.6 Å². The van der Waals surface area contributed by atoms with Gasteiger partial charge in [0.25, 0.3) is 0 Å². The molecule has 0 aliphatic carbocycles. The smallest absolute Gasteiger partial charge is 0.242 e. The number of carbonyl (C=O) groups excluding carboxylic acids is 1. The van der Waals surface area contributed by atoms with Gasteiger partial charge in [0, 0.05) is 32.0 Å². The Morgan fingerprint density at radius 1 is 1.42 bits per heavy atom. The van der Waals surface area contributed by atoms with Crippen LogP contribution in [-0.4, -0.2) is 32.1 Å². The third-order valence-electron chi connectivity index (χ3n) is 2.72. The van der Waals surface area contributed by atoms with Crippen LogP contribution in [0, 0.1) is 11.3 Å². The molecule has 19 heavy (non-hydrogen) atoms. The minimum Gasteiger partial charge on any atom is -0.294 e. The van der Waals surface area contributed by atoms with E-state index >= 15 is 0 Å². The summed E-state index contributed by atoms with van der Waals surface area (Å²) in [5.74, 6) is -0.100. The van der Waals surface area contributed by atoms with Gasteiger partial charge in [-0.25, -0.2) is 8.42 Å². The maximum Gasteiger partial charge on any atom is 0.242 e. The van der Waals surface area contributed by atoms with Crippen molar-refractivity contribution < 1.29 is 13.2 Å². The van der Waals surface area contributed by atoms with Crippen molar-refractivity contribution in [1.82, 2.24) is 4.31 Å². The molecule has 0 saturated carbocycles. The summed E-state index contributed by atoms with van der Waals surface area (Å²) in [5.41, 5.74) is 0.386. The predicted octanol–water partition coefficient (Wildman–Crippen LogP) is 1.81. The van der Waals surface area contributed by atoms with Gasteiger partial charge >= 0.3 is 0 Å². The lowest BCUT2D eigenvalue weighted by Gasteiger charge is -2.16. The standard InChI is InChI=1S/C13H16N2O3S/c1-3-13(16)11-6-4-7-12(10-11)19(17,18)15(2)9-5-8-14/h4,6-7,10H,3,5,9H2,1-2H3. The molecule has 0 atom stereocenters. The molecule has 0 bridgehead atoms. The van der Waals surface area contributed by atoms with E-state index in [2.05, 4.69) is 0 Å². The fraction of sp³-hybridized carbons (Fsp3) is 0.385. The SMILES string of the molecule is CCC(=O)c1cccc(S(=O)(=O)N(C)CCC#N)c1. The predicted molar refractivity (Wildman–Crippen MR) is 71.1 cm³/mol. The molecule has 0 N–H and O–H groups in total. The van der Waals surface area contributed by atoms with Gasteiger partial charge in [-0.05, 0) is 12.1 Å². The Labute approximate surface area is 113 Å². The normalized spacial score (nSPS) is 11.3. The zero-order valence-electron chi connectivity index (χ0n) is 11.0. The molecule has 102 valence electrons. The molecule has 5 nitrogen and oxygen atoms in total. The van der Waals surface area contributed by atoms with Gasteiger partial charge in [0.2, 0.25) is 10.0 Å². The maximum atomic E-state index is 12.2. The molecule has 0 saturated heterocycles. The molecule has 0 heterocycles. The van der Waals surface area contributed by atoms with Crippen molar-refractivity contribution in [3.05, 3.63) is 29.8 Å². The second-order valence-corrected chi connectivity index (χ2v) is 6.08. The highest BCUT2D eigenvalue weighted by atomic mass is 32.2. The molecule has 1 rings (SSSR count). The summed E-state index contributed by atoms with van der Waals surface area (Å²) in [6.07, 6.45) is 0.455. The number of nitriles is 1. The van der Waals surface area contributed by atoms with Crippen molar-refractivity contribution >= 4 is 15.8 Å². The Morgan fingerprint density at radius 2 is 2.11 bits per heavy atom. The summed E-state index contributed by atoms with van der Waals surface area (Å²) in [5, 5.41) is 8.48. The molecule has 0 radical (unpaired) electrons. The zero-order valence-corrected chi connectivity index (χ0v) is 11.8. The topological polar surface area (TPSA) is 78.2 Å². The monoisotopic (exact) mass is 280 g/mol. The van der Waals surface area contributed by atoms with E-state index in [1.807, 2.05) is 6.07 Å². The molecule has 0 fully saturated rings. The Kier molecular flexibility index (Phi) is 5.21. The first-order chi connectivity index (χ1) is 8.93. The Morgan fingerprint density at radius 3 is 2.68 bits per heavy atom. The summed E-state index contributed by atoms with van der Waals surface area (Å²) in [6, 6.07) is 7.88. The number of hydrogen-bond acceptors (Lipinski definition) is 4.